The fourth-order valence-corrected chi connectivity index (χ4v) is 4.73. The fraction of sp³-hybridized carbons (Fsp3) is 0.214. The van der Waals surface area contributed by atoms with Gasteiger partial charge in [-0.1, -0.05) is 67.2 Å². The molecule has 0 bridgehead atoms. The van der Waals surface area contributed by atoms with Crippen LogP contribution >= 0.6 is 11.8 Å². The van der Waals surface area contributed by atoms with E-state index in [-0.39, 0.29) is 17.9 Å². The van der Waals surface area contributed by atoms with Gasteiger partial charge in [-0.25, -0.2) is 0 Å². The number of rotatable bonds is 6. The van der Waals surface area contributed by atoms with E-state index in [0.29, 0.717) is 17.0 Å². The van der Waals surface area contributed by atoms with Crippen molar-refractivity contribution in [3.8, 4) is 0 Å². The number of thioether (sulfide) groups is 1. The maximum atomic E-state index is 13.5. The van der Waals surface area contributed by atoms with Gasteiger partial charge in [-0.15, -0.1) is 0 Å². The van der Waals surface area contributed by atoms with Gasteiger partial charge in [0.15, 0.2) is 0 Å². The lowest BCUT2D eigenvalue weighted by atomic mass is 10.1. The van der Waals surface area contributed by atoms with Crippen molar-refractivity contribution in [1.29, 1.82) is 0 Å². The van der Waals surface area contributed by atoms with Gasteiger partial charge in [-0.3, -0.25) is 9.59 Å². The van der Waals surface area contributed by atoms with Gasteiger partial charge >= 0.3 is 0 Å². The van der Waals surface area contributed by atoms with Gasteiger partial charge < -0.3 is 10.2 Å². The van der Waals surface area contributed by atoms with Gasteiger partial charge in [0.05, 0.1) is 17.1 Å². The Morgan fingerprint density at radius 1 is 1.03 bits per heavy atom. The van der Waals surface area contributed by atoms with Crippen molar-refractivity contribution in [1.82, 2.24) is 5.32 Å². The van der Waals surface area contributed by atoms with E-state index < -0.39 is 0 Å². The lowest BCUT2D eigenvalue weighted by molar-refractivity contribution is -0.114. The van der Waals surface area contributed by atoms with Gasteiger partial charge in [0.25, 0.3) is 11.8 Å². The molecule has 0 saturated carbocycles. The van der Waals surface area contributed by atoms with Gasteiger partial charge in [-0.2, -0.15) is 0 Å². The number of fused-ring (bicyclic) bond motifs is 1. The fourth-order valence-electron chi connectivity index (χ4n) is 3.67. The lowest BCUT2D eigenvalue weighted by Gasteiger charge is -2.31. The first-order valence-corrected chi connectivity index (χ1v) is 12.0. The number of carbonyl (C=O) groups excluding carboxylic acids is 2. The molecule has 1 N–H and O–H groups in total. The first-order valence-electron chi connectivity index (χ1n) is 11.2. The lowest BCUT2D eigenvalue weighted by Crippen LogP contribution is -2.34. The van der Waals surface area contributed by atoms with Crippen LogP contribution in [0.15, 0.2) is 82.6 Å². The van der Waals surface area contributed by atoms with Crippen molar-refractivity contribution in [3.05, 3.63) is 100.0 Å². The molecule has 2 amide bonds. The van der Waals surface area contributed by atoms with Gasteiger partial charge in [-0.05, 0) is 67.3 Å². The number of benzene rings is 3. The van der Waals surface area contributed by atoms with Crippen molar-refractivity contribution in [2.75, 3.05) is 4.90 Å². The van der Waals surface area contributed by atoms with E-state index in [4.69, 9.17) is 0 Å². The van der Waals surface area contributed by atoms with Crippen LogP contribution in [0.1, 0.15) is 47.3 Å². The predicted molar refractivity (Wildman–Crippen MR) is 136 cm³/mol. The Morgan fingerprint density at radius 2 is 1.73 bits per heavy atom. The van der Waals surface area contributed by atoms with E-state index in [2.05, 4.69) is 24.4 Å². The standard InChI is InChI=1S/C28H28N2O2S/c1-4-20(3)29-27(31)22-15-13-21(14-16-22)17-26-28(32)30(18-23-10-6-5-9-19(23)2)24-11-7-8-12-25(24)33-26/h5-17,20H,4,18H2,1-3H3,(H,29,31). The summed E-state index contributed by atoms with van der Waals surface area (Å²) in [6.45, 7) is 6.62. The minimum Gasteiger partial charge on any atom is -0.350 e. The maximum absolute atomic E-state index is 13.5. The van der Waals surface area contributed by atoms with E-state index in [9.17, 15) is 9.59 Å². The van der Waals surface area contributed by atoms with Gasteiger partial charge in [0.2, 0.25) is 0 Å². The highest BCUT2D eigenvalue weighted by molar-refractivity contribution is 8.04. The second-order valence-corrected chi connectivity index (χ2v) is 9.38. The summed E-state index contributed by atoms with van der Waals surface area (Å²) in [6, 6.07) is 23.7. The zero-order chi connectivity index (χ0) is 23.4. The summed E-state index contributed by atoms with van der Waals surface area (Å²) in [5.74, 6) is -0.0921. The summed E-state index contributed by atoms with van der Waals surface area (Å²) in [6.07, 6.45) is 2.79. The molecule has 3 aromatic rings. The molecular formula is C28H28N2O2S. The van der Waals surface area contributed by atoms with Crippen LogP contribution in [0.4, 0.5) is 5.69 Å². The van der Waals surface area contributed by atoms with E-state index in [1.807, 2.05) is 73.4 Å². The molecule has 1 aliphatic rings. The third kappa shape index (κ3) is 5.20. The van der Waals surface area contributed by atoms with E-state index >= 15 is 0 Å². The maximum Gasteiger partial charge on any atom is 0.265 e. The van der Waals surface area contributed by atoms with E-state index in [1.165, 1.54) is 11.8 Å². The van der Waals surface area contributed by atoms with Crippen LogP contribution in [0, 0.1) is 6.92 Å². The highest BCUT2D eigenvalue weighted by Crippen LogP contribution is 2.42. The smallest absolute Gasteiger partial charge is 0.265 e. The number of anilines is 1. The highest BCUT2D eigenvalue weighted by Gasteiger charge is 2.29. The minimum absolute atomic E-state index is 0.0134. The average Bonchev–Trinajstić information content (AvgIpc) is 2.83. The van der Waals surface area contributed by atoms with Crippen LogP contribution in [0.25, 0.3) is 6.08 Å². The molecule has 4 nitrogen and oxygen atoms in total. The van der Waals surface area contributed by atoms with Crippen LogP contribution in [-0.4, -0.2) is 17.9 Å². The van der Waals surface area contributed by atoms with E-state index in [1.54, 1.807) is 12.1 Å². The summed E-state index contributed by atoms with van der Waals surface area (Å²) in [5.41, 5.74) is 4.74. The van der Waals surface area contributed by atoms with Crippen molar-refractivity contribution in [2.45, 2.75) is 44.7 Å². The molecule has 1 aliphatic heterocycles. The Bertz CT molecular complexity index is 1200. The van der Waals surface area contributed by atoms with Crippen molar-refractivity contribution >= 4 is 35.3 Å². The Balaban J connectivity index is 1.61. The molecule has 3 aromatic carbocycles. The van der Waals surface area contributed by atoms with Crippen molar-refractivity contribution < 1.29 is 9.59 Å². The summed E-state index contributed by atoms with van der Waals surface area (Å²) in [5, 5.41) is 2.98. The second kappa shape index (κ2) is 10.1. The third-order valence-corrected chi connectivity index (χ3v) is 6.96. The number of hydrogen-bond acceptors (Lipinski definition) is 3. The molecule has 0 saturated heterocycles. The summed E-state index contributed by atoms with van der Waals surface area (Å²) in [4.78, 5) is 29.4. The molecule has 0 aliphatic carbocycles. The van der Waals surface area contributed by atoms with E-state index in [0.717, 1.165) is 33.7 Å². The normalized spacial score (nSPS) is 15.3. The highest BCUT2D eigenvalue weighted by atomic mass is 32.2. The van der Waals surface area contributed by atoms with Crippen LogP contribution in [0.2, 0.25) is 0 Å². The topological polar surface area (TPSA) is 49.4 Å². The SMILES string of the molecule is CCC(C)NC(=O)c1ccc(C=C2Sc3ccccc3N(Cc3ccccc3C)C2=O)cc1. The van der Waals surface area contributed by atoms with Crippen LogP contribution in [0.5, 0.6) is 0 Å². The number of amides is 2. The second-order valence-electron chi connectivity index (χ2n) is 8.30. The molecule has 5 heteroatoms. The Kier molecular flexibility index (Phi) is 6.99. The molecule has 0 radical (unpaired) electrons. The number of aryl methyl sites for hydroxylation is 1. The Morgan fingerprint density at radius 3 is 2.45 bits per heavy atom. The van der Waals surface area contributed by atoms with Gasteiger partial charge in [0, 0.05) is 16.5 Å². The number of carbonyl (C=O) groups is 2. The quantitative estimate of drug-likeness (QED) is 0.449. The summed E-state index contributed by atoms with van der Waals surface area (Å²) >= 11 is 1.49. The molecule has 1 unspecified atom stereocenters. The number of nitrogens with zero attached hydrogens (tertiary/aromatic N) is 1. The first-order chi connectivity index (χ1) is 16.0. The third-order valence-electron chi connectivity index (χ3n) is 5.88. The monoisotopic (exact) mass is 456 g/mol. The van der Waals surface area contributed by atoms with Crippen LogP contribution in [-0.2, 0) is 11.3 Å². The Labute approximate surface area is 199 Å². The minimum atomic E-state index is -0.0787. The van der Waals surface area contributed by atoms with Crippen molar-refractivity contribution in [3.63, 3.8) is 0 Å². The molecule has 168 valence electrons. The van der Waals surface area contributed by atoms with Crippen molar-refractivity contribution in [2.24, 2.45) is 0 Å². The summed E-state index contributed by atoms with van der Waals surface area (Å²) in [7, 11) is 0. The zero-order valence-electron chi connectivity index (χ0n) is 19.2. The Hall–Kier alpha value is -3.31. The zero-order valence-corrected chi connectivity index (χ0v) is 20.0. The molecule has 33 heavy (non-hydrogen) atoms. The molecule has 0 fully saturated rings. The number of hydrogen-bond donors (Lipinski definition) is 1. The molecule has 1 heterocycles. The molecule has 1 atom stereocenters. The van der Waals surface area contributed by atoms with Gasteiger partial charge in [0.1, 0.15) is 0 Å². The average molecular weight is 457 g/mol. The molecular weight excluding hydrogens is 428 g/mol. The molecule has 0 spiro atoms. The first kappa shape index (κ1) is 22.9. The molecule has 4 rings (SSSR count). The number of nitrogens with one attached hydrogen (secondary N) is 1. The molecule has 0 aromatic heterocycles. The summed E-state index contributed by atoms with van der Waals surface area (Å²) < 4.78 is 0. The van der Waals surface area contributed by atoms with Crippen LogP contribution < -0.4 is 10.2 Å². The largest absolute Gasteiger partial charge is 0.350 e. The number of para-hydroxylation sites is 1. The predicted octanol–water partition coefficient (Wildman–Crippen LogP) is 6.20. The van der Waals surface area contributed by atoms with Crippen LogP contribution in [0.3, 0.4) is 0 Å².